The lowest BCUT2D eigenvalue weighted by Gasteiger charge is -2.31. The second-order valence-corrected chi connectivity index (χ2v) is 4.90. The maximum atomic E-state index is 9.46. The van der Waals surface area contributed by atoms with E-state index in [4.69, 9.17) is 30.8 Å². The molecule has 2 unspecified atom stereocenters. The second kappa shape index (κ2) is 10.5. The molecule has 0 rings (SSSR count). The van der Waals surface area contributed by atoms with Crippen molar-refractivity contribution in [2.24, 2.45) is 16.9 Å². The molecule has 7 nitrogen and oxygen atoms in total. The molecular weight excluding hydrogens is 252 g/mol. The number of aliphatic hydroxyl groups excluding tert-OH is 2. The zero-order valence-electron chi connectivity index (χ0n) is 11.9. The van der Waals surface area contributed by atoms with Crippen molar-refractivity contribution in [3.8, 4) is 0 Å². The summed E-state index contributed by atoms with van der Waals surface area (Å²) >= 11 is 0. The molecule has 2 atom stereocenters. The highest BCUT2D eigenvalue weighted by Gasteiger charge is 2.28. The van der Waals surface area contributed by atoms with Crippen molar-refractivity contribution in [3.63, 3.8) is 0 Å². The van der Waals surface area contributed by atoms with Crippen molar-refractivity contribution in [1.29, 1.82) is 0 Å². The molecule has 116 valence electrons. The summed E-state index contributed by atoms with van der Waals surface area (Å²) in [7, 11) is 1.51. The summed E-state index contributed by atoms with van der Waals surface area (Å²) in [6.45, 7) is 3.47. The van der Waals surface area contributed by atoms with Crippen LogP contribution in [0.15, 0.2) is 0 Å². The van der Waals surface area contributed by atoms with Crippen LogP contribution in [0.3, 0.4) is 0 Å². The Morgan fingerprint density at radius 3 is 1.95 bits per heavy atom. The van der Waals surface area contributed by atoms with Crippen molar-refractivity contribution < 1.29 is 24.4 Å². The van der Waals surface area contributed by atoms with Gasteiger partial charge in [-0.05, 0) is 6.92 Å². The third kappa shape index (κ3) is 8.48. The van der Waals surface area contributed by atoms with E-state index in [0.29, 0.717) is 26.3 Å². The van der Waals surface area contributed by atoms with Crippen molar-refractivity contribution in [3.05, 3.63) is 0 Å². The Balaban J connectivity index is 4.07. The number of methoxy groups -OCH3 is 1. The standard InChI is InChI=1S/C12H28N2O5/c1-10(15)3-18-8-12(6-13,7-14)9-19-5-11(16)4-17-2/h10-11,15-16H,3-9,13-14H2,1-2H3. The fourth-order valence-electron chi connectivity index (χ4n) is 1.46. The van der Waals surface area contributed by atoms with Crippen LogP contribution in [0.2, 0.25) is 0 Å². The Bertz CT molecular complexity index is 212. The van der Waals surface area contributed by atoms with E-state index >= 15 is 0 Å². The highest BCUT2D eigenvalue weighted by Crippen LogP contribution is 2.15. The fourth-order valence-corrected chi connectivity index (χ4v) is 1.46. The van der Waals surface area contributed by atoms with Gasteiger partial charge in [0, 0.05) is 25.6 Å². The number of aliphatic hydroxyl groups is 2. The summed E-state index contributed by atoms with van der Waals surface area (Å²) in [5.74, 6) is 0. The summed E-state index contributed by atoms with van der Waals surface area (Å²) in [6.07, 6.45) is -1.20. The van der Waals surface area contributed by atoms with E-state index in [-0.39, 0.29) is 19.8 Å². The Labute approximate surface area is 114 Å². The highest BCUT2D eigenvalue weighted by atomic mass is 16.5. The summed E-state index contributed by atoms with van der Waals surface area (Å²) < 4.78 is 15.6. The zero-order valence-corrected chi connectivity index (χ0v) is 11.9. The predicted molar refractivity (Wildman–Crippen MR) is 71.7 cm³/mol. The SMILES string of the molecule is COCC(O)COCC(CN)(CN)COCC(C)O. The van der Waals surface area contributed by atoms with Crippen LogP contribution >= 0.6 is 0 Å². The normalized spacial score (nSPS) is 15.5. The van der Waals surface area contributed by atoms with Crippen LogP contribution < -0.4 is 11.5 Å². The van der Waals surface area contributed by atoms with Gasteiger partial charge in [-0.2, -0.15) is 0 Å². The summed E-state index contributed by atoms with van der Waals surface area (Å²) in [6, 6.07) is 0. The Kier molecular flexibility index (Phi) is 10.3. The molecule has 6 N–H and O–H groups in total. The average molecular weight is 280 g/mol. The topological polar surface area (TPSA) is 120 Å². The zero-order chi connectivity index (χ0) is 14.7. The number of rotatable bonds is 12. The minimum atomic E-state index is -0.670. The first kappa shape index (κ1) is 18.7. The van der Waals surface area contributed by atoms with Crippen LogP contribution in [0.25, 0.3) is 0 Å². The van der Waals surface area contributed by atoms with Crippen LogP contribution in [0, 0.1) is 5.41 Å². The number of hydrogen-bond donors (Lipinski definition) is 4. The van der Waals surface area contributed by atoms with Gasteiger partial charge in [0.05, 0.1) is 39.1 Å². The molecular formula is C12H28N2O5. The van der Waals surface area contributed by atoms with Gasteiger partial charge >= 0.3 is 0 Å². The Hall–Kier alpha value is -0.280. The molecule has 0 bridgehead atoms. The van der Waals surface area contributed by atoms with Gasteiger partial charge < -0.3 is 35.9 Å². The Morgan fingerprint density at radius 1 is 1.00 bits per heavy atom. The first-order chi connectivity index (χ1) is 8.99. The molecule has 0 fully saturated rings. The van der Waals surface area contributed by atoms with Gasteiger partial charge in [-0.15, -0.1) is 0 Å². The minimum Gasteiger partial charge on any atom is -0.391 e. The molecule has 0 aromatic carbocycles. The molecule has 0 radical (unpaired) electrons. The molecule has 7 heteroatoms. The van der Waals surface area contributed by atoms with E-state index in [1.54, 1.807) is 6.92 Å². The van der Waals surface area contributed by atoms with Crippen LogP contribution in [-0.4, -0.2) is 75.7 Å². The van der Waals surface area contributed by atoms with E-state index in [9.17, 15) is 5.11 Å². The second-order valence-electron chi connectivity index (χ2n) is 4.90. The monoisotopic (exact) mass is 280 g/mol. The molecule has 0 aliphatic carbocycles. The Morgan fingerprint density at radius 2 is 1.53 bits per heavy atom. The lowest BCUT2D eigenvalue weighted by molar-refractivity contribution is -0.0598. The van der Waals surface area contributed by atoms with Crippen molar-refractivity contribution in [2.75, 3.05) is 53.2 Å². The van der Waals surface area contributed by atoms with Crippen molar-refractivity contribution in [1.82, 2.24) is 0 Å². The molecule has 0 aliphatic rings. The van der Waals surface area contributed by atoms with E-state index in [1.165, 1.54) is 7.11 Å². The predicted octanol–water partition coefficient (Wildman–Crippen LogP) is -1.69. The fraction of sp³-hybridized carbons (Fsp3) is 1.00. The van der Waals surface area contributed by atoms with E-state index in [1.807, 2.05) is 0 Å². The maximum Gasteiger partial charge on any atom is 0.101 e. The van der Waals surface area contributed by atoms with Crippen molar-refractivity contribution >= 4 is 0 Å². The number of ether oxygens (including phenoxy) is 3. The molecule has 0 heterocycles. The lowest BCUT2D eigenvalue weighted by Crippen LogP contribution is -2.46. The largest absolute Gasteiger partial charge is 0.391 e. The molecule has 0 saturated carbocycles. The smallest absolute Gasteiger partial charge is 0.101 e. The average Bonchev–Trinajstić information content (AvgIpc) is 2.37. The molecule has 0 aliphatic heterocycles. The van der Waals surface area contributed by atoms with Gasteiger partial charge in [0.15, 0.2) is 0 Å². The van der Waals surface area contributed by atoms with Gasteiger partial charge in [-0.25, -0.2) is 0 Å². The molecule has 0 spiro atoms. The molecule has 0 aromatic rings. The van der Waals surface area contributed by atoms with Crippen LogP contribution in [0.5, 0.6) is 0 Å². The van der Waals surface area contributed by atoms with Crippen LogP contribution in [-0.2, 0) is 14.2 Å². The maximum absolute atomic E-state index is 9.46. The van der Waals surface area contributed by atoms with Crippen molar-refractivity contribution in [2.45, 2.75) is 19.1 Å². The minimum absolute atomic E-state index is 0.159. The number of hydrogen-bond acceptors (Lipinski definition) is 7. The lowest BCUT2D eigenvalue weighted by atomic mass is 9.90. The van der Waals surface area contributed by atoms with Gasteiger partial charge in [-0.1, -0.05) is 0 Å². The third-order valence-electron chi connectivity index (χ3n) is 2.71. The highest BCUT2D eigenvalue weighted by molar-refractivity contribution is 4.81. The molecule has 0 amide bonds. The summed E-state index contributed by atoms with van der Waals surface area (Å²) in [4.78, 5) is 0. The molecule has 0 saturated heterocycles. The van der Waals surface area contributed by atoms with Crippen LogP contribution in [0.1, 0.15) is 6.92 Å². The summed E-state index contributed by atoms with van der Waals surface area (Å²) in [5.41, 5.74) is 10.9. The van der Waals surface area contributed by atoms with E-state index < -0.39 is 17.6 Å². The first-order valence-corrected chi connectivity index (χ1v) is 6.40. The molecule has 19 heavy (non-hydrogen) atoms. The van der Waals surface area contributed by atoms with E-state index in [2.05, 4.69) is 0 Å². The van der Waals surface area contributed by atoms with Gasteiger partial charge in [0.2, 0.25) is 0 Å². The third-order valence-corrected chi connectivity index (χ3v) is 2.71. The van der Waals surface area contributed by atoms with E-state index in [0.717, 1.165) is 0 Å². The van der Waals surface area contributed by atoms with Gasteiger partial charge in [-0.3, -0.25) is 0 Å². The van der Waals surface area contributed by atoms with Gasteiger partial charge in [0.25, 0.3) is 0 Å². The quantitative estimate of drug-likeness (QED) is 0.337. The first-order valence-electron chi connectivity index (χ1n) is 6.40. The molecule has 0 aromatic heterocycles. The van der Waals surface area contributed by atoms with Crippen LogP contribution in [0.4, 0.5) is 0 Å². The number of nitrogens with two attached hydrogens (primary N) is 2. The van der Waals surface area contributed by atoms with Gasteiger partial charge in [0.1, 0.15) is 6.10 Å². The summed E-state index contributed by atoms with van der Waals surface area (Å²) in [5, 5.41) is 18.6.